The molecule has 1 saturated heterocycles. The first kappa shape index (κ1) is 28.8. The number of imidazole rings is 1. The number of fused-ring (bicyclic) bond motifs is 1. The molecule has 3 N–H and O–H groups in total. The molecule has 12 nitrogen and oxygen atoms in total. The number of aliphatic hydroxyl groups is 1. The Morgan fingerprint density at radius 2 is 2.13 bits per heavy atom. The predicted octanol–water partition coefficient (Wildman–Crippen LogP) is 2.25. The molecular weight excluding hydrogens is 550 g/mol. The topological polar surface area (TPSA) is 142 Å². The minimum Gasteiger partial charge on any atom is -0.468 e. The fourth-order valence-electron chi connectivity index (χ4n) is 4.03. The SMILES string of the molecule is C#C[C@@]1(F)[C@H](O)[C@@H](CO[P@](=S)(N[C@H](C)C(=O)OC)Oc2ccccc2)O[C@H]1n1cnc2c(NC)nc(C)nc21. The average molecular weight is 579 g/mol. The molecule has 0 saturated carbocycles. The third-order valence-corrected chi connectivity index (χ3v) is 8.47. The van der Waals surface area contributed by atoms with Crippen LogP contribution in [0.25, 0.3) is 11.2 Å². The number of halogens is 1. The first-order valence-electron chi connectivity index (χ1n) is 11.8. The molecule has 1 aliphatic heterocycles. The van der Waals surface area contributed by atoms with E-state index in [1.165, 1.54) is 24.9 Å². The van der Waals surface area contributed by atoms with Crippen molar-refractivity contribution < 1.29 is 32.8 Å². The van der Waals surface area contributed by atoms with E-state index in [-0.39, 0.29) is 5.65 Å². The van der Waals surface area contributed by atoms with Crippen LogP contribution in [0.4, 0.5) is 10.2 Å². The molecule has 0 spiro atoms. The van der Waals surface area contributed by atoms with E-state index >= 15 is 4.39 Å². The van der Waals surface area contributed by atoms with Crippen molar-refractivity contribution in [2.24, 2.45) is 0 Å². The molecule has 1 aliphatic rings. The number of nitrogens with one attached hydrogen (secondary N) is 2. The normalized spacial score (nSPS) is 25.0. The molecule has 1 fully saturated rings. The van der Waals surface area contributed by atoms with E-state index in [1.54, 1.807) is 44.3 Å². The summed E-state index contributed by atoms with van der Waals surface area (Å²) in [6.45, 7) is -0.680. The lowest BCUT2D eigenvalue weighted by atomic mass is 9.97. The van der Waals surface area contributed by atoms with Crippen molar-refractivity contribution >= 4 is 41.4 Å². The first-order chi connectivity index (χ1) is 18.5. The van der Waals surface area contributed by atoms with Gasteiger partial charge in [-0.3, -0.25) is 9.36 Å². The van der Waals surface area contributed by atoms with Crippen molar-refractivity contribution in [3.63, 3.8) is 0 Å². The number of hydrogen-bond donors (Lipinski definition) is 3. The number of hydrogen-bond acceptors (Lipinski definition) is 11. The van der Waals surface area contributed by atoms with Crippen LogP contribution in [0.5, 0.6) is 5.75 Å². The van der Waals surface area contributed by atoms with Crippen molar-refractivity contribution in [3.8, 4) is 18.1 Å². The number of rotatable bonds is 10. The van der Waals surface area contributed by atoms with Crippen molar-refractivity contribution in [1.29, 1.82) is 0 Å². The van der Waals surface area contributed by atoms with Gasteiger partial charge in [-0.05, 0) is 37.8 Å². The minimum absolute atomic E-state index is 0.258. The van der Waals surface area contributed by atoms with Crippen LogP contribution in [0.2, 0.25) is 0 Å². The zero-order valence-corrected chi connectivity index (χ0v) is 23.3. The van der Waals surface area contributed by atoms with Gasteiger partial charge in [-0.15, -0.1) is 6.42 Å². The Morgan fingerprint density at radius 3 is 2.77 bits per heavy atom. The molecule has 6 atom stereocenters. The highest BCUT2D eigenvalue weighted by Gasteiger charge is 2.58. The molecule has 0 amide bonds. The van der Waals surface area contributed by atoms with E-state index in [0.29, 0.717) is 22.9 Å². The second-order valence-corrected chi connectivity index (χ2v) is 11.8. The number of esters is 1. The highest BCUT2D eigenvalue weighted by molar-refractivity contribution is 8.09. The highest BCUT2D eigenvalue weighted by Crippen LogP contribution is 2.48. The van der Waals surface area contributed by atoms with Crippen molar-refractivity contribution in [2.75, 3.05) is 26.1 Å². The summed E-state index contributed by atoms with van der Waals surface area (Å²) < 4.78 is 39.9. The van der Waals surface area contributed by atoms with E-state index in [2.05, 4.69) is 25.4 Å². The van der Waals surface area contributed by atoms with E-state index in [9.17, 15) is 9.90 Å². The van der Waals surface area contributed by atoms with Crippen LogP contribution < -0.4 is 14.9 Å². The lowest BCUT2D eigenvalue weighted by molar-refractivity contribution is -0.142. The quantitative estimate of drug-likeness (QED) is 0.185. The highest BCUT2D eigenvalue weighted by atomic mass is 32.5. The van der Waals surface area contributed by atoms with Gasteiger partial charge in [0.25, 0.3) is 0 Å². The number of nitrogens with zero attached hydrogens (tertiary/aromatic N) is 4. The summed E-state index contributed by atoms with van der Waals surface area (Å²) in [6, 6.07) is 7.68. The predicted molar refractivity (Wildman–Crippen MR) is 144 cm³/mol. The Morgan fingerprint density at radius 1 is 1.41 bits per heavy atom. The second kappa shape index (κ2) is 11.5. The Kier molecular flexibility index (Phi) is 8.51. The summed E-state index contributed by atoms with van der Waals surface area (Å²) in [7, 11) is 2.90. The zero-order chi connectivity index (χ0) is 28.4. The number of carbonyl (C=O) groups is 1. The second-order valence-electron chi connectivity index (χ2n) is 8.65. The van der Waals surface area contributed by atoms with Gasteiger partial charge in [0.15, 0.2) is 23.2 Å². The molecule has 4 rings (SSSR count). The maximum Gasteiger partial charge on any atom is 0.323 e. The molecule has 39 heavy (non-hydrogen) atoms. The molecular formula is C24H28FN6O6PS. The van der Waals surface area contributed by atoms with E-state index in [4.69, 9.17) is 36.8 Å². The molecule has 15 heteroatoms. The molecule has 2 aromatic heterocycles. The van der Waals surface area contributed by atoms with Gasteiger partial charge in [0.2, 0.25) is 5.67 Å². The number of para-hydroxylation sites is 1. The molecule has 0 aliphatic carbocycles. The summed E-state index contributed by atoms with van der Waals surface area (Å²) in [5.74, 6) is 2.65. The summed E-state index contributed by atoms with van der Waals surface area (Å²) >= 11 is 5.64. The maximum absolute atomic E-state index is 16.2. The Balaban J connectivity index is 1.61. The van der Waals surface area contributed by atoms with Crippen LogP contribution in [0.15, 0.2) is 36.7 Å². The number of ether oxygens (including phenoxy) is 2. The molecule has 3 aromatic rings. The Bertz CT molecular complexity index is 1440. The first-order valence-corrected chi connectivity index (χ1v) is 14.4. The fourth-order valence-corrected chi connectivity index (χ4v) is 6.45. The van der Waals surface area contributed by atoms with Crippen molar-refractivity contribution in [1.82, 2.24) is 24.6 Å². The van der Waals surface area contributed by atoms with Crippen LogP contribution in [0.1, 0.15) is 19.0 Å². The molecule has 0 radical (unpaired) electrons. The summed E-state index contributed by atoms with van der Waals surface area (Å²) in [4.78, 5) is 25.0. The van der Waals surface area contributed by atoms with Crippen LogP contribution >= 0.6 is 6.64 Å². The number of carbonyl (C=O) groups excluding carboxylic acids is 1. The Labute approximate surface area is 229 Å². The fraction of sp³-hybridized carbons (Fsp3) is 0.417. The molecule has 0 unspecified atom stereocenters. The summed E-state index contributed by atoms with van der Waals surface area (Å²) in [5.41, 5.74) is -2.04. The third kappa shape index (κ3) is 5.74. The lowest BCUT2D eigenvalue weighted by Crippen LogP contribution is -2.42. The van der Waals surface area contributed by atoms with Crippen LogP contribution in [0.3, 0.4) is 0 Å². The molecule has 208 valence electrons. The van der Waals surface area contributed by atoms with Gasteiger partial charge >= 0.3 is 12.6 Å². The minimum atomic E-state index is -3.46. The zero-order valence-electron chi connectivity index (χ0n) is 21.6. The molecule has 1 aromatic carbocycles. The number of aryl methyl sites for hydroxylation is 1. The number of aliphatic hydroxyl groups excluding tert-OH is 1. The lowest BCUT2D eigenvalue weighted by Gasteiger charge is -2.27. The monoisotopic (exact) mass is 578 g/mol. The van der Waals surface area contributed by atoms with E-state index in [1.807, 2.05) is 5.92 Å². The number of anilines is 1. The van der Waals surface area contributed by atoms with Crippen LogP contribution in [-0.2, 0) is 30.6 Å². The van der Waals surface area contributed by atoms with Crippen LogP contribution in [-0.4, -0.2) is 75.3 Å². The third-order valence-electron chi connectivity index (χ3n) is 5.97. The van der Waals surface area contributed by atoms with Gasteiger partial charge in [-0.1, -0.05) is 24.1 Å². The molecule has 3 heterocycles. The number of benzene rings is 1. The van der Waals surface area contributed by atoms with Crippen LogP contribution in [0, 0.1) is 19.3 Å². The van der Waals surface area contributed by atoms with Gasteiger partial charge in [0, 0.05) is 7.05 Å². The summed E-state index contributed by atoms with van der Waals surface area (Å²) in [5, 5.41) is 16.7. The van der Waals surface area contributed by atoms with Crippen molar-refractivity contribution in [3.05, 3.63) is 42.5 Å². The average Bonchev–Trinajstić information content (AvgIpc) is 3.45. The van der Waals surface area contributed by atoms with Crippen molar-refractivity contribution in [2.45, 2.75) is 44.0 Å². The standard InChI is InChI=1S/C24H28FN6O6PS/c1-6-24(25)19(32)17(36-23(24)31-13-27-18-20(26-4)28-15(3)29-21(18)31)12-35-38(39,30-14(2)22(33)34-5)37-16-10-8-7-9-11-16/h1,7-11,13-14,17,19,23,32H,12H2,2-5H3,(H,30,39)(H,26,28,29)/t14-,17-,19-,23-,24-,38-/m1/s1. The van der Waals surface area contributed by atoms with Gasteiger partial charge in [0.05, 0.1) is 20.0 Å². The number of alkyl halides is 1. The summed E-state index contributed by atoms with van der Waals surface area (Å²) in [6.07, 6.45) is 2.30. The van der Waals surface area contributed by atoms with Gasteiger partial charge in [-0.25, -0.2) is 24.4 Å². The number of aromatic nitrogens is 4. The van der Waals surface area contributed by atoms with Gasteiger partial charge in [0.1, 0.15) is 29.8 Å². The Hall–Kier alpha value is -3.18. The molecule has 0 bridgehead atoms. The van der Waals surface area contributed by atoms with Gasteiger partial charge < -0.3 is 28.9 Å². The van der Waals surface area contributed by atoms with E-state index < -0.39 is 49.4 Å². The largest absolute Gasteiger partial charge is 0.468 e. The maximum atomic E-state index is 16.2. The van der Waals surface area contributed by atoms with Gasteiger partial charge in [-0.2, -0.15) is 0 Å². The number of methoxy groups -OCH3 is 1. The van der Waals surface area contributed by atoms with E-state index in [0.717, 1.165) is 0 Å². The number of terminal acetylenes is 1. The smallest absolute Gasteiger partial charge is 0.323 e.